The van der Waals surface area contributed by atoms with E-state index >= 15 is 0 Å². The molecule has 1 fully saturated rings. The number of nitrogens with one attached hydrogen (secondary N) is 1. The summed E-state index contributed by atoms with van der Waals surface area (Å²) >= 11 is 0. The second-order valence-electron chi connectivity index (χ2n) is 6.77. The number of nitrogens with zero attached hydrogens (tertiary/aromatic N) is 3. The molecule has 6 heteroatoms. The van der Waals surface area contributed by atoms with Gasteiger partial charge in [0.15, 0.2) is 5.82 Å². The molecule has 0 aliphatic carbocycles. The molecule has 0 radical (unpaired) electrons. The zero-order chi connectivity index (χ0) is 15.1. The van der Waals surface area contributed by atoms with Crippen LogP contribution in [0.4, 0.5) is 5.82 Å². The van der Waals surface area contributed by atoms with Gasteiger partial charge in [0, 0.05) is 37.4 Å². The molecule has 21 heavy (non-hydrogen) atoms. The monoisotopic (exact) mass is 290 g/mol. The molecule has 3 rings (SSSR count). The molecule has 3 heterocycles. The Bertz CT molecular complexity index is 639. The van der Waals surface area contributed by atoms with Crippen molar-refractivity contribution in [2.75, 3.05) is 25.1 Å². The van der Waals surface area contributed by atoms with E-state index in [1.165, 1.54) is 0 Å². The summed E-state index contributed by atoms with van der Waals surface area (Å²) in [5.74, 6) is 0.737. The van der Waals surface area contributed by atoms with Crippen LogP contribution in [0, 0.1) is 0 Å². The molecule has 0 saturated carbocycles. The average Bonchev–Trinajstić information content (AvgIpc) is 3.02. The molecule has 0 spiro atoms. The lowest BCUT2D eigenvalue weighted by Gasteiger charge is -2.21. The quantitative estimate of drug-likeness (QED) is 0.898. The summed E-state index contributed by atoms with van der Waals surface area (Å²) < 4.78 is 7.08. The fourth-order valence-corrected chi connectivity index (χ4v) is 2.41. The highest BCUT2D eigenvalue weighted by Gasteiger charge is 2.32. The molecule has 1 atom stereocenters. The third-order valence-electron chi connectivity index (χ3n) is 3.83. The summed E-state index contributed by atoms with van der Waals surface area (Å²) in [4.78, 5) is 4.37. The number of rotatable bonds is 3. The van der Waals surface area contributed by atoms with Crippen LogP contribution in [-0.2, 0) is 10.2 Å². The lowest BCUT2D eigenvalue weighted by atomic mass is 9.92. The molecule has 0 aromatic carbocycles. The van der Waals surface area contributed by atoms with Gasteiger partial charge in [-0.25, -0.2) is 9.50 Å². The van der Waals surface area contributed by atoms with Crippen LogP contribution in [0.3, 0.4) is 0 Å². The van der Waals surface area contributed by atoms with Crippen molar-refractivity contribution in [3.8, 4) is 0 Å². The first-order valence-electron chi connectivity index (χ1n) is 7.26. The van der Waals surface area contributed by atoms with Crippen LogP contribution in [0.15, 0.2) is 18.5 Å². The van der Waals surface area contributed by atoms with Gasteiger partial charge in [0.25, 0.3) is 0 Å². The normalized spacial score (nSPS) is 22.9. The van der Waals surface area contributed by atoms with Crippen molar-refractivity contribution in [3.05, 3.63) is 24.2 Å². The molecule has 0 bridgehead atoms. The largest absolute Gasteiger partial charge is 0.386 e. The maximum Gasteiger partial charge on any atom is 0.152 e. The van der Waals surface area contributed by atoms with Crippen LogP contribution in [-0.4, -0.2) is 45.1 Å². The number of fused-ring (bicyclic) bond motifs is 1. The highest BCUT2D eigenvalue weighted by Crippen LogP contribution is 2.25. The van der Waals surface area contributed by atoms with E-state index in [4.69, 9.17) is 4.74 Å². The van der Waals surface area contributed by atoms with E-state index in [-0.39, 0.29) is 5.41 Å². The summed E-state index contributed by atoms with van der Waals surface area (Å²) in [6.07, 6.45) is 4.20. The first-order valence-corrected chi connectivity index (χ1v) is 7.26. The molecule has 1 saturated heterocycles. The second kappa shape index (κ2) is 4.96. The van der Waals surface area contributed by atoms with Crippen molar-refractivity contribution in [1.82, 2.24) is 14.6 Å². The van der Waals surface area contributed by atoms with E-state index < -0.39 is 5.60 Å². The standard InChI is InChI=1S/C15H22N4O2/c1-14(2,3)12-8-11-13(16-5-6-19(11)18-12)17-9-15(20)4-7-21-10-15/h5-6,8,20H,4,7,9-10H2,1-3H3,(H,16,17). The zero-order valence-corrected chi connectivity index (χ0v) is 12.8. The van der Waals surface area contributed by atoms with Crippen molar-refractivity contribution in [2.45, 2.75) is 38.2 Å². The number of anilines is 1. The molecule has 6 nitrogen and oxygen atoms in total. The molecule has 1 aliphatic rings. The van der Waals surface area contributed by atoms with E-state index in [2.05, 4.69) is 36.2 Å². The molecular weight excluding hydrogens is 268 g/mol. The Kier molecular flexibility index (Phi) is 3.37. The fourth-order valence-electron chi connectivity index (χ4n) is 2.41. The van der Waals surface area contributed by atoms with Crippen LogP contribution in [0.25, 0.3) is 5.52 Å². The van der Waals surface area contributed by atoms with Crippen molar-refractivity contribution in [3.63, 3.8) is 0 Å². The molecular formula is C15H22N4O2. The van der Waals surface area contributed by atoms with Crippen molar-refractivity contribution >= 4 is 11.3 Å². The number of aromatic nitrogens is 3. The van der Waals surface area contributed by atoms with Gasteiger partial charge in [-0.1, -0.05) is 20.8 Å². The zero-order valence-electron chi connectivity index (χ0n) is 12.8. The minimum atomic E-state index is -0.804. The minimum absolute atomic E-state index is 0.0131. The Labute approximate surface area is 124 Å². The molecule has 2 N–H and O–H groups in total. The summed E-state index contributed by atoms with van der Waals surface area (Å²) in [6, 6.07) is 2.05. The fraction of sp³-hybridized carbons (Fsp3) is 0.600. The number of hydrogen-bond donors (Lipinski definition) is 2. The number of hydrogen-bond acceptors (Lipinski definition) is 5. The Balaban J connectivity index is 1.86. The van der Waals surface area contributed by atoms with Crippen LogP contribution in [0.5, 0.6) is 0 Å². The van der Waals surface area contributed by atoms with E-state index in [1.807, 2.05) is 16.8 Å². The van der Waals surface area contributed by atoms with E-state index in [0.717, 1.165) is 17.0 Å². The predicted molar refractivity (Wildman–Crippen MR) is 80.6 cm³/mol. The maximum absolute atomic E-state index is 10.3. The molecule has 2 aromatic heterocycles. The van der Waals surface area contributed by atoms with Gasteiger partial charge in [-0.05, 0) is 6.07 Å². The topological polar surface area (TPSA) is 71.7 Å². The van der Waals surface area contributed by atoms with E-state index in [1.54, 1.807) is 6.20 Å². The summed E-state index contributed by atoms with van der Waals surface area (Å²) in [5, 5.41) is 18.1. The molecule has 1 unspecified atom stereocenters. The summed E-state index contributed by atoms with van der Waals surface area (Å²) in [6.45, 7) is 7.80. The van der Waals surface area contributed by atoms with Gasteiger partial charge < -0.3 is 15.2 Å². The summed E-state index contributed by atoms with van der Waals surface area (Å²) in [7, 11) is 0. The molecule has 2 aromatic rings. The van der Waals surface area contributed by atoms with Crippen LogP contribution in [0.2, 0.25) is 0 Å². The highest BCUT2D eigenvalue weighted by molar-refractivity contribution is 5.68. The third-order valence-corrected chi connectivity index (χ3v) is 3.83. The lowest BCUT2D eigenvalue weighted by molar-refractivity contribution is 0.0381. The first kappa shape index (κ1) is 14.3. The van der Waals surface area contributed by atoms with Gasteiger partial charge in [-0.2, -0.15) is 5.10 Å². The van der Waals surface area contributed by atoms with Gasteiger partial charge >= 0.3 is 0 Å². The maximum atomic E-state index is 10.3. The van der Waals surface area contributed by atoms with Gasteiger partial charge in [0.2, 0.25) is 0 Å². The Morgan fingerprint density at radius 1 is 1.48 bits per heavy atom. The Morgan fingerprint density at radius 2 is 2.29 bits per heavy atom. The minimum Gasteiger partial charge on any atom is -0.386 e. The average molecular weight is 290 g/mol. The Morgan fingerprint density at radius 3 is 2.95 bits per heavy atom. The van der Waals surface area contributed by atoms with Gasteiger partial charge in [-0.3, -0.25) is 0 Å². The third kappa shape index (κ3) is 2.87. The van der Waals surface area contributed by atoms with Gasteiger partial charge in [-0.15, -0.1) is 0 Å². The smallest absolute Gasteiger partial charge is 0.152 e. The Hall–Kier alpha value is -1.66. The van der Waals surface area contributed by atoms with E-state index in [0.29, 0.717) is 26.2 Å². The number of ether oxygens (including phenoxy) is 1. The van der Waals surface area contributed by atoms with Crippen LogP contribution >= 0.6 is 0 Å². The highest BCUT2D eigenvalue weighted by atomic mass is 16.5. The number of aliphatic hydroxyl groups is 1. The summed E-state index contributed by atoms with van der Waals surface area (Å²) in [5.41, 5.74) is 1.12. The van der Waals surface area contributed by atoms with Crippen LogP contribution < -0.4 is 5.32 Å². The predicted octanol–water partition coefficient (Wildman–Crippen LogP) is 1.59. The second-order valence-corrected chi connectivity index (χ2v) is 6.77. The van der Waals surface area contributed by atoms with E-state index in [9.17, 15) is 5.11 Å². The van der Waals surface area contributed by atoms with Crippen LogP contribution in [0.1, 0.15) is 32.9 Å². The van der Waals surface area contributed by atoms with Gasteiger partial charge in [0.1, 0.15) is 11.1 Å². The molecule has 1 aliphatic heterocycles. The van der Waals surface area contributed by atoms with Crippen molar-refractivity contribution in [1.29, 1.82) is 0 Å². The SMILES string of the molecule is CC(C)(C)c1cc2c(NCC3(O)CCOC3)nccn2n1. The molecule has 114 valence electrons. The first-order chi connectivity index (χ1) is 9.87. The lowest BCUT2D eigenvalue weighted by Crippen LogP contribution is -2.37. The van der Waals surface area contributed by atoms with Crippen molar-refractivity contribution in [2.24, 2.45) is 0 Å². The van der Waals surface area contributed by atoms with Crippen molar-refractivity contribution < 1.29 is 9.84 Å². The van der Waals surface area contributed by atoms with Gasteiger partial charge in [0.05, 0.1) is 12.3 Å². The molecule has 0 amide bonds.